The van der Waals surface area contributed by atoms with E-state index in [1.807, 2.05) is 55.5 Å². The van der Waals surface area contributed by atoms with E-state index in [2.05, 4.69) is 29.5 Å². The van der Waals surface area contributed by atoms with Crippen LogP contribution in [0.2, 0.25) is 0 Å². The summed E-state index contributed by atoms with van der Waals surface area (Å²) in [7, 11) is 3.06. The number of fused-ring (bicyclic) bond motifs is 1. The number of ether oxygens (including phenoxy) is 2. The Morgan fingerprint density at radius 2 is 1.77 bits per heavy atom. The molecular weight excluding hydrogens is 494 g/mol. The molecule has 1 unspecified atom stereocenters. The monoisotopic (exact) mass is 529 g/mol. The van der Waals surface area contributed by atoms with Crippen LogP contribution in [0.3, 0.4) is 0 Å². The molecule has 1 atom stereocenters. The number of benzene rings is 3. The first kappa shape index (κ1) is 27.6. The van der Waals surface area contributed by atoms with Crippen molar-refractivity contribution in [3.63, 3.8) is 0 Å². The summed E-state index contributed by atoms with van der Waals surface area (Å²) in [6.07, 6.45) is 0.803. The quantitative estimate of drug-likeness (QED) is 0.303. The van der Waals surface area contributed by atoms with Gasteiger partial charge < -0.3 is 14.8 Å². The van der Waals surface area contributed by atoms with Crippen LogP contribution in [0.25, 0.3) is 11.0 Å². The molecular formula is C30H35N5O4. The second kappa shape index (κ2) is 12.4. The summed E-state index contributed by atoms with van der Waals surface area (Å²) in [5, 5.41) is 11.4. The standard InChI is InChI=1S/C30H35N5O4/c1-20(2)16-17-31-30(37)28(23-12-9-15-26(38-4)29(23)39-5)35(22-11-8-10-21(3)18-22)27(36)19-34-25-14-7-6-13-24(25)32-33-34/h6-15,18,20,28H,16-17,19H2,1-5H3,(H,31,37). The summed E-state index contributed by atoms with van der Waals surface area (Å²) in [4.78, 5) is 29.7. The van der Waals surface area contributed by atoms with Crippen LogP contribution in [0.1, 0.15) is 37.4 Å². The third-order valence-electron chi connectivity index (χ3n) is 6.51. The summed E-state index contributed by atoms with van der Waals surface area (Å²) in [6, 6.07) is 19.3. The average Bonchev–Trinajstić information content (AvgIpc) is 3.33. The van der Waals surface area contributed by atoms with Gasteiger partial charge in [0, 0.05) is 17.8 Å². The zero-order valence-corrected chi connectivity index (χ0v) is 23.0. The lowest BCUT2D eigenvalue weighted by Gasteiger charge is -2.33. The van der Waals surface area contributed by atoms with E-state index in [-0.39, 0.29) is 18.4 Å². The molecule has 1 N–H and O–H groups in total. The maximum absolute atomic E-state index is 14.2. The zero-order valence-electron chi connectivity index (χ0n) is 23.0. The van der Waals surface area contributed by atoms with Gasteiger partial charge in [-0.2, -0.15) is 0 Å². The maximum atomic E-state index is 14.2. The summed E-state index contributed by atoms with van der Waals surface area (Å²) in [6.45, 7) is 6.50. The summed E-state index contributed by atoms with van der Waals surface area (Å²) in [5.74, 6) is 0.616. The summed E-state index contributed by atoms with van der Waals surface area (Å²) >= 11 is 0. The van der Waals surface area contributed by atoms with Gasteiger partial charge in [0.2, 0.25) is 11.8 Å². The fourth-order valence-electron chi connectivity index (χ4n) is 4.56. The number of rotatable bonds is 11. The van der Waals surface area contributed by atoms with Crippen LogP contribution in [0.4, 0.5) is 5.69 Å². The minimum Gasteiger partial charge on any atom is -0.493 e. The lowest BCUT2D eigenvalue weighted by Crippen LogP contribution is -2.45. The molecule has 0 aliphatic carbocycles. The van der Waals surface area contributed by atoms with Crippen molar-refractivity contribution in [1.29, 1.82) is 0 Å². The van der Waals surface area contributed by atoms with Gasteiger partial charge in [-0.3, -0.25) is 14.5 Å². The molecule has 0 saturated heterocycles. The molecule has 2 amide bonds. The smallest absolute Gasteiger partial charge is 0.249 e. The zero-order chi connectivity index (χ0) is 27.9. The van der Waals surface area contributed by atoms with Crippen LogP contribution >= 0.6 is 0 Å². The van der Waals surface area contributed by atoms with Gasteiger partial charge in [0.25, 0.3) is 0 Å². The number of aromatic nitrogens is 3. The van der Waals surface area contributed by atoms with E-state index in [0.717, 1.165) is 17.5 Å². The van der Waals surface area contributed by atoms with E-state index in [0.29, 0.717) is 40.7 Å². The Hall–Kier alpha value is -4.40. The predicted octanol–water partition coefficient (Wildman–Crippen LogP) is 4.69. The number of nitrogens with one attached hydrogen (secondary N) is 1. The summed E-state index contributed by atoms with van der Waals surface area (Å²) in [5.41, 5.74) is 3.46. The molecule has 0 saturated carbocycles. The highest BCUT2D eigenvalue weighted by Gasteiger charge is 2.36. The van der Waals surface area contributed by atoms with Gasteiger partial charge in [-0.1, -0.05) is 55.5 Å². The molecule has 39 heavy (non-hydrogen) atoms. The fraction of sp³-hybridized carbons (Fsp3) is 0.333. The number of hydrogen-bond donors (Lipinski definition) is 1. The van der Waals surface area contributed by atoms with Crippen molar-refractivity contribution < 1.29 is 19.1 Å². The molecule has 204 valence electrons. The normalized spacial score (nSPS) is 11.8. The van der Waals surface area contributed by atoms with Crippen molar-refractivity contribution in [3.8, 4) is 11.5 Å². The molecule has 1 aromatic heterocycles. The van der Waals surface area contributed by atoms with Gasteiger partial charge >= 0.3 is 0 Å². The van der Waals surface area contributed by atoms with Crippen molar-refractivity contribution in [2.24, 2.45) is 5.92 Å². The van der Waals surface area contributed by atoms with E-state index in [9.17, 15) is 9.59 Å². The van der Waals surface area contributed by atoms with Crippen LogP contribution in [0.15, 0.2) is 66.7 Å². The first-order chi connectivity index (χ1) is 18.8. The first-order valence-corrected chi connectivity index (χ1v) is 13.0. The van der Waals surface area contributed by atoms with Crippen LogP contribution in [0.5, 0.6) is 11.5 Å². The van der Waals surface area contributed by atoms with Crippen molar-refractivity contribution in [1.82, 2.24) is 20.3 Å². The molecule has 0 spiro atoms. The van der Waals surface area contributed by atoms with Crippen molar-refractivity contribution in [3.05, 3.63) is 77.9 Å². The topological polar surface area (TPSA) is 98.6 Å². The Morgan fingerprint density at radius 1 is 1.00 bits per heavy atom. The molecule has 1 heterocycles. The largest absolute Gasteiger partial charge is 0.493 e. The lowest BCUT2D eigenvalue weighted by molar-refractivity contribution is -0.127. The molecule has 0 aliphatic heterocycles. The first-order valence-electron chi connectivity index (χ1n) is 13.0. The molecule has 3 aromatic carbocycles. The highest BCUT2D eigenvalue weighted by molar-refractivity contribution is 6.02. The number of carbonyl (C=O) groups excluding carboxylic acids is 2. The van der Waals surface area contributed by atoms with E-state index in [1.165, 1.54) is 12.0 Å². The molecule has 4 rings (SSSR count). The molecule has 0 aliphatic rings. The number of carbonyl (C=O) groups is 2. The highest BCUT2D eigenvalue weighted by atomic mass is 16.5. The average molecular weight is 530 g/mol. The van der Waals surface area contributed by atoms with Gasteiger partial charge in [-0.25, -0.2) is 4.68 Å². The molecule has 4 aromatic rings. The van der Waals surface area contributed by atoms with Crippen molar-refractivity contribution in [2.45, 2.75) is 39.8 Å². The fourth-order valence-corrected chi connectivity index (χ4v) is 4.56. The lowest BCUT2D eigenvalue weighted by atomic mass is 10.00. The SMILES string of the molecule is COc1cccc(C(C(=O)NCCC(C)C)N(C(=O)Cn2nnc3ccccc32)c2cccc(C)c2)c1OC. The number of methoxy groups -OCH3 is 2. The van der Waals surface area contributed by atoms with Crippen LogP contribution in [-0.4, -0.2) is 47.6 Å². The van der Waals surface area contributed by atoms with Crippen molar-refractivity contribution in [2.75, 3.05) is 25.7 Å². The molecule has 9 nitrogen and oxygen atoms in total. The number of anilines is 1. The number of para-hydroxylation sites is 2. The van der Waals surface area contributed by atoms with Gasteiger partial charge in [0.15, 0.2) is 11.5 Å². The Kier molecular flexibility index (Phi) is 8.81. The Bertz CT molecular complexity index is 1450. The summed E-state index contributed by atoms with van der Waals surface area (Å²) < 4.78 is 12.8. The van der Waals surface area contributed by atoms with Gasteiger partial charge in [0.1, 0.15) is 18.1 Å². The van der Waals surface area contributed by atoms with Gasteiger partial charge in [0.05, 0.1) is 19.7 Å². The third-order valence-corrected chi connectivity index (χ3v) is 6.51. The Labute approximate surface area is 228 Å². The minimum absolute atomic E-state index is 0.115. The highest BCUT2D eigenvalue weighted by Crippen LogP contribution is 2.39. The molecule has 0 fully saturated rings. The van der Waals surface area contributed by atoms with Gasteiger partial charge in [-0.15, -0.1) is 5.10 Å². The second-order valence-electron chi connectivity index (χ2n) is 9.80. The van der Waals surface area contributed by atoms with Crippen molar-refractivity contribution >= 4 is 28.5 Å². The van der Waals surface area contributed by atoms with Gasteiger partial charge in [-0.05, 0) is 55.2 Å². The van der Waals surface area contributed by atoms with E-state index in [1.54, 1.807) is 30.0 Å². The molecule has 9 heteroatoms. The third kappa shape index (κ3) is 6.19. The van der Waals surface area contributed by atoms with E-state index < -0.39 is 6.04 Å². The van der Waals surface area contributed by atoms with Crippen LogP contribution in [0, 0.1) is 12.8 Å². The molecule has 0 bridgehead atoms. The number of amides is 2. The molecule has 0 radical (unpaired) electrons. The van der Waals surface area contributed by atoms with Crippen LogP contribution < -0.4 is 19.7 Å². The van der Waals surface area contributed by atoms with E-state index in [4.69, 9.17) is 9.47 Å². The van der Waals surface area contributed by atoms with E-state index >= 15 is 0 Å². The van der Waals surface area contributed by atoms with Crippen LogP contribution in [-0.2, 0) is 16.1 Å². The maximum Gasteiger partial charge on any atom is 0.249 e. The number of aryl methyl sites for hydroxylation is 1. The minimum atomic E-state index is -1.04. The second-order valence-corrected chi connectivity index (χ2v) is 9.80. The Balaban J connectivity index is 1.85. The predicted molar refractivity (Wildman–Crippen MR) is 151 cm³/mol. The number of hydrogen-bond acceptors (Lipinski definition) is 6. The number of nitrogens with zero attached hydrogens (tertiary/aromatic N) is 4. The Morgan fingerprint density at radius 3 is 2.49 bits per heavy atom.